The van der Waals surface area contributed by atoms with Crippen molar-refractivity contribution >= 4 is 5.96 Å². The zero-order chi connectivity index (χ0) is 17.5. The van der Waals surface area contributed by atoms with Crippen molar-refractivity contribution in [3.8, 4) is 5.69 Å². The molecule has 5 nitrogen and oxygen atoms in total. The van der Waals surface area contributed by atoms with Crippen LogP contribution in [-0.4, -0.2) is 41.1 Å². The molecule has 1 aromatic heterocycles. The van der Waals surface area contributed by atoms with Crippen LogP contribution in [0.5, 0.6) is 0 Å². The Balaban J connectivity index is 2.03. The zero-order valence-corrected chi connectivity index (χ0v) is 14.9. The summed E-state index contributed by atoms with van der Waals surface area (Å²) in [5.41, 5.74) is 1.39. The monoisotopic (exact) mass is 331 g/mol. The van der Waals surface area contributed by atoms with Crippen LogP contribution in [-0.2, 0) is 6.54 Å². The molecule has 0 saturated heterocycles. The van der Waals surface area contributed by atoms with E-state index in [0.717, 1.165) is 36.7 Å². The van der Waals surface area contributed by atoms with Gasteiger partial charge in [0.2, 0.25) is 0 Å². The van der Waals surface area contributed by atoms with Gasteiger partial charge in [-0.15, -0.1) is 0 Å². The van der Waals surface area contributed by atoms with Crippen molar-refractivity contribution < 1.29 is 4.39 Å². The standard InChI is InChI=1S/C18H26FN5/c1-5-6-10-23(4)18(20-3)22-13-15-7-8-17(16(19)12-15)24-11-9-21-14(24)2/h7-9,11-12H,5-6,10,13H2,1-4H3,(H,20,22). The van der Waals surface area contributed by atoms with Gasteiger partial charge in [0.1, 0.15) is 11.6 Å². The van der Waals surface area contributed by atoms with Gasteiger partial charge >= 0.3 is 0 Å². The van der Waals surface area contributed by atoms with Crippen LogP contribution in [0.2, 0.25) is 0 Å². The van der Waals surface area contributed by atoms with Gasteiger partial charge in [0, 0.05) is 39.6 Å². The van der Waals surface area contributed by atoms with E-state index >= 15 is 0 Å². The molecule has 0 bridgehead atoms. The van der Waals surface area contributed by atoms with Crippen molar-refractivity contribution in [1.82, 2.24) is 19.8 Å². The summed E-state index contributed by atoms with van der Waals surface area (Å²) >= 11 is 0. The van der Waals surface area contributed by atoms with Gasteiger partial charge in [0.25, 0.3) is 0 Å². The Kier molecular flexibility index (Phi) is 6.35. The Morgan fingerprint density at radius 2 is 2.21 bits per heavy atom. The Hall–Kier alpha value is -2.37. The van der Waals surface area contributed by atoms with Crippen molar-refractivity contribution in [3.05, 3.63) is 47.8 Å². The van der Waals surface area contributed by atoms with Crippen LogP contribution in [0.3, 0.4) is 0 Å². The highest BCUT2D eigenvalue weighted by molar-refractivity contribution is 5.79. The van der Waals surface area contributed by atoms with E-state index in [0.29, 0.717) is 12.2 Å². The maximum Gasteiger partial charge on any atom is 0.193 e. The summed E-state index contributed by atoms with van der Waals surface area (Å²) in [5.74, 6) is 1.32. The number of aryl methyl sites for hydroxylation is 1. The number of nitrogens with one attached hydrogen (secondary N) is 1. The highest BCUT2D eigenvalue weighted by atomic mass is 19.1. The van der Waals surface area contributed by atoms with Gasteiger partial charge < -0.3 is 14.8 Å². The van der Waals surface area contributed by atoms with Crippen molar-refractivity contribution in [2.24, 2.45) is 4.99 Å². The summed E-state index contributed by atoms with van der Waals surface area (Å²) in [6, 6.07) is 5.26. The van der Waals surface area contributed by atoms with E-state index in [9.17, 15) is 4.39 Å². The van der Waals surface area contributed by atoms with Crippen LogP contribution in [0.25, 0.3) is 5.69 Å². The van der Waals surface area contributed by atoms with Gasteiger partial charge in [-0.25, -0.2) is 9.37 Å². The lowest BCUT2D eigenvalue weighted by Gasteiger charge is -2.22. The number of imidazole rings is 1. The molecular formula is C18H26FN5. The molecule has 0 radical (unpaired) electrons. The number of unbranched alkanes of at least 4 members (excludes halogenated alkanes) is 1. The first-order valence-electron chi connectivity index (χ1n) is 8.27. The molecule has 2 rings (SSSR count). The molecule has 0 unspecified atom stereocenters. The number of benzene rings is 1. The maximum atomic E-state index is 14.4. The number of guanidine groups is 1. The van der Waals surface area contributed by atoms with Crippen LogP contribution in [0.15, 0.2) is 35.6 Å². The van der Waals surface area contributed by atoms with Gasteiger partial charge in [-0.05, 0) is 31.0 Å². The second-order valence-corrected chi connectivity index (χ2v) is 5.81. The number of aromatic nitrogens is 2. The SMILES string of the molecule is CCCCN(C)C(=NC)NCc1ccc(-n2ccnc2C)c(F)c1. The third kappa shape index (κ3) is 4.34. The van der Waals surface area contributed by atoms with Gasteiger partial charge in [-0.1, -0.05) is 19.4 Å². The van der Waals surface area contributed by atoms with E-state index in [-0.39, 0.29) is 5.82 Å². The van der Waals surface area contributed by atoms with Gasteiger partial charge in [-0.2, -0.15) is 0 Å². The minimum Gasteiger partial charge on any atom is -0.352 e. The van der Waals surface area contributed by atoms with Gasteiger partial charge in [-0.3, -0.25) is 4.99 Å². The van der Waals surface area contributed by atoms with Crippen molar-refractivity contribution in [1.29, 1.82) is 0 Å². The molecule has 0 amide bonds. The van der Waals surface area contributed by atoms with Crippen LogP contribution in [0.1, 0.15) is 31.2 Å². The molecule has 1 aromatic carbocycles. The van der Waals surface area contributed by atoms with Crippen molar-refractivity contribution in [2.45, 2.75) is 33.2 Å². The summed E-state index contributed by atoms with van der Waals surface area (Å²) in [6.07, 6.45) is 5.68. The Labute approximate surface area is 143 Å². The van der Waals surface area contributed by atoms with Crippen LogP contribution in [0.4, 0.5) is 4.39 Å². The largest absolute Gasteiger partial charge is 0.352 e. The molecule has 0 spiro atoms. The first-order valence-corrected chi connectivity index (χ1v) is 8.27. The fraction of sp³-hybridized carbons (Fsp3) is 0.444. The fourth-order valence-electron chi connectivity index (χ4n) is 2.56. The lowest BCUT2D eigenvalue weighted by molar-refractivity contribution is 0.464. The average Bonchev–Trinajstić information content (AvgIpc) is 2.99. The number of hydrogen-bond donors (Lipinski definition) is 1. The second kappa shape index (κ2) is 8.47. The molecular weight excluding hydrogens is 305 g/mol. The number of nitrogens with zero attached hydrogens (tertiary/aromatic N) is 4. The smallest absolute Gasteiger partial charge is 0.193 e. The predicted molar refractivity (Wildman–Crippen MR) is 96.0 cm³/mol. The topological polar surface area (TPSA) is 45.5 Å². The number of halogens is 1. The molecule has 0 saturated carbocycles. The Morgan fingerprint density at radius 1 is 1.42 bits per heavy atom. The van der Waals surface area contributed by atoms with Crippen molar-refractivity contribution in [2.75, 3.05) is 20.6 Å². The second-order valence-electron chi connectivity index (χ2n) is 5.81. The van der Waals surface area contributed by atoms with Crippen LogP contribution < -0.4 is 5.32 Å². The van der Waals surface area contributed by atoms with E-state index in [4.69, 9.17) is 0 Å². The lowest BCUT2D eigenvalue weighted by atomic mass is 10.2. The normalized spacial score (nSPS) is 11.6. The molecule has 24 heavy (non-hydrogen) atoms. The molecule has 1 N–H and O–H groups in total. The molecule has 0 aliphatic rings. The third-order valence-corrected chi connectivity index (χ3v) is 3.97. The predicted octanol–water partition coefficient (Wildman–Crippen LogP) is 3.13. The number of aliphatic imine (C=N–C) groups is 1. The van der Waals surface area contributed by atoms with Crippen LogP contribution in [0, 0.1) is 12.7 Å². The zero-order valence-electron chi connectivity index (χ0n) is 14.9. The summed E-state index contributed by atoms with van der Waals surface area (Å²) < 4.78 is 16.1. The van der Waals surface area contributed by atoms with E-state index in [2.05, 4.69) is 27.1 Å². The molecule has 6 heteroatoms. The fourth-order valence-corrected chi connectivity index (χ4v) is 2.56. The minimum absolute atomic E-state index is 0.260. The highest BCUT2D eigenvalue weighted by Gasteiger charge is 2.09. The molecule has 0 atom stereocenters. The van der Waals surface area contributed by atoms with Gasteiger partial charge in [0.05, 0.1) is 5.69 Å². The van der Waals surface area contributed by atoms with Crippen LogP contribution >= 0.6 is 0 Å². The molecule has 130 valence electrons. The van der Waals surface area contributed by atoms with E-state index in [1.807, 2.05) is 20.0 Å². The number of hydrogen-bond acceptors (Lipinski definition) is 2. The minimum atomic E-state index is -0.260. The molecule has 1 heterocycles. The summed E-state index contributed by atoms with van der Waals surface area (Å²) in [7, 11) is 3.77. The summed E-state index contributed by atoms with van der Waals surface area (Å²) in [4.78, 5) is 10.5. The maximum absolute atomic E-state index is 14.4. The Morgan fingerprint density at radius 3 is 2.79 bits per heavy atom. The quantitative estimate of drug-likeness (QED) is 0.653. The molecule has 2 aromatic rings. The first-order chi connectivity index (χ1) is 11.6. The average molecular weight is 331 g/mol. The molecule has 0 aliphatic carbocycles. The van der Waals surface area contributed by atoms with E-state index < -0.39 is 0 Å². The number of rotatable bonds is 6. The van der Waals surface area contributed by atoms with Gasteiger partial charge in [0.15, 0.2) is 5.96 Å². The molecule has 0 fully saturated rings. The highest BCUT2D eigenvalue weighted by Crippen LogP contribution is 2.16. The Bertz CT molecular complexity index is 692. The summed E-state index contributed by atoms with van der Waals surface area (Å²) in [5, 5.41) is 3.28. The van der Waals surface area contributed by atoms with E-state index in [1.54, 1.807) is 36.1 Å². The summed E-state index contributed by atoms with van der Waals surface area (Å²) in [6.45, 7) is 5.49. The molecule has 0 aliphatic heterocycles. The van der Waals surface area contributed by atoms with E-state index in [1.165, 1.54) is 0 Å². The first kappa shape index (κ1) is 18.0. The third-order valence-electron chi connectivity index (χ3n) is 3.97. The lowest BCUT2D eigenvalue weighted by Crippen LogP contribution is -2.38. The van der Waals surface area contributed by atoms with Crippen molar-refractivity contribution in [3.63, 3.8) is 0 Å².